The van der Waals surface area contributed by atoms with E-state index in [1.165, 1.54) is 13.8 Å². The van der Waals surface area contributed by atoms with E-state index in [0.717, 1.165) is 18.2 Å². The fraction of sp³-hybridized carbons (Fsp3) is 0.560. The van der Waals surface area contributed by atoms with Crippen LogP contribution in [0.2, 0.25) is 0 Å². The molecule has 2 amide bonds. The van der Waals surface area contributed by atoms with Crippen molar-refractivity contribution in [1.29, 1.82) is 0 Å². The molecule has 0 unspecified atom stereocenters. The topological polar surface area (TPSA) is 137 Å². The minimum absolute atomic E-state index is 0.172. The maximum atomic E-state index is 14.7. The summed E-state index contributed by atoms with van der Waals surface area (Å²) in [6.45, 7) is 7.12. The van der Waals surface area contributed by atoms with E-state index in [1.807, 2.05) is 0 Å². The summed E-state index contributed by atoms with van der Waals surface area (Å²) in [7, 11) is 0. The predicted molar refractivity (Wildman–Crippen MR) is 122 cm³/mol. The van der Waals surface area contributed by atoms with Gasteiger partial charge in [-0.05, 0) is 71.2 Å². The average Bonchev–Trinajstić information content (AvgIpc) is 3.03. The number of rotatable bonds is 5. The lowest BCUT2D eigenvalue weighted by Gasteiger charge is -2.51. The van der Waals surface area contributed by atoms with Gasteiger partial charge in [-0.1, -0.05) is 0 Å². The van der Waals surface area contributed by atoms with Gasteiger partial charge >= 0.3 is 18.0 Å². The molecule has 1 saturated carbocycles. The van der Waals surface area contributed by atoms with Crippen molar-refractivity contribution in [3.63, 3.8) is 0 Å². The zero-order chi connectivity index (χ0) is 27.1. The maximum Gasteiger partial charge on any atom is 0.421 e. The number of aliphatic hydroxyl groups is 1. The summed E-state index contributed by atoms with van der Waals surface area (Å²) in [5.41, 5.74) is -6.92. The van der Waals surface area contributed by atoms with Crippen molar-refractivity contribution >= 4 is 35.9 Å². The summed E-state index contributed by atoms with van der Waals surface area (Å²) in [6, 6.07) is 2.95. The molecule has 1 fully saturated rings. The van der Waals surface area contributed by atoms with Gasteiger partial charge in [0.1, 0.15) is 23.1 Å². The van der Waals surface area contributed by atoms with E-state index < -0.39 is 58.2 Å². The first kappa shape index (κ1) is 27.3. The van der Waals surface area contributed by atoms with Gasteiger partial charge in [0.2, 0.25) is 0 Å². The zero-order valence-corrected chi connectivity index (χ0v) is 20.8. The number of esters is 2. The van der Waals surface area contributed by atoms with Crippen molar-refractivity contribution in [2.45, 2.75) is 64.6 Å². The van der Waals surface area contributed by atoms with Crippen LogP contribution in [0.4, 0.5) is 14.9 Å². The van der Waals surface area contributed by atoms with E-state index in [-0.39, 0.29) is 37.3 Å². The molecule has 1 N–H and O–H groups in total. The highest BCUT2D eigenvalue weighted by Crippen LogP contribution is 2.62. The number of aliphatic hydroxyl groups excluding tert-OH is 1. The largest absolute Gasteiger partial charge is 0.465 e. The summed E-state index contributed by atoms with van der Waals surface area (Å²) in [4.78, 5) is 67.8. The van der Waals surface area contributed by atoms with Gasteiger partial charge < -0.3 is 24.1 Å². The Morgan fingerprint density at radius 2 is 1.72 bits per heavy atom. The van der Waals surface area contributed by atoms with Crippen molar-refractivity contribution in [3.8, 4) is 0 Å². The number of fused-ring (bicyclic) bond motifs is 2. The molecule has 0 saturated heterocycles. The molecule has 0 radical (unpaired) electrons. The highest BCUT2D eigenvalue weighted by atomic mass is 19.1. The number of nitrogens with zero attached hydrogens (tertiary/aromatic N) is 1. The number of anilines is 1. The first-order valence-corrected chi connectivity index (χ1v) is 11.7. The van der Waals surface area contributed by atoms with Crippen molar-refractivity contribution < 1.29 is 47.7 Å². The number of imide groups is 1. The van der Waals surface area contributed by atoms with Crippen LogP contribution in [0.25, 0.3) is 0 Å². The molecule has 1 heterocycles. The highest BCUT2D eigenvalue weighted by molar-refractivity contribution is 6.26. The van der Waals surface area contributed by atoms with E-state index in [1.54, 1.807) is 20.8 Å². The molecule has 1 aliphatic heterocycles. The van der Waals surface area contributed by atoms with Crippen molar-refractivity contribution in [2.24, 2.45) is 11.3 Å². The second-order valence-corrected chi connectivity index (χ2v) is 9.68. The molecule has 3 rings (SSSR count). The Bertz CT molecular complexity index is 1080. The van der Waals surface area contributed by atoms with Gasteiger partial charge in [0, 0.05) is 5.92 Å². The minimum Gasteiger partial charge on any atom is -0.465 e. The summed E-state index contributed by atoms with van der Waals surface area (Å²) >= 11 is 0. The monoisotopic (exact) mass is 507 g/mol. The first-order valence-electron chi connectivity index (χ1n) is 11.7. The van der Waals surface area contributed by atoms with Gasteiger partial charge in [-0.15, -0.1) is 0 Å². The van der Waals surface area contributed by atoms with Gasteiger partial charge in [0.25, 0.3) is 5.91 Å². The Balaban J connectivity index is 2.47. The van der Waals surface area contributed by atoms with Gasteiger partial charge in [0.05, 0.1) is 25.0 Å². The maximum absolute atomic E-state index is 14.7. The van der Waals surface area contributed by atoms with E-state index >= 15 is 0 Å². The molecule has 36 heavy (non-hydrogen) atoms. The summed E-state index contributed by atoms with van der Waals surface area (Å²) in [5.74, 6) is -6.17. The number of ether oxygens (including phenoxy) is 3. The molecule has 1 spiro atoms. The predicted octanol–water partition coefficient (Wildman–Crippen LogP) is 2.43. The van der Waals surface area contributed by atoms with Gasteiger partial charge in [-0.3, -0.25) is 14.4 Å². The molecular weight excluding hydrogens is 477 g/mol. The fourth-order valence-corrected chi connectivity index (χ4v) is 5.31. The molecular formula is C25H30FNO9. The van der Waals surface area contributed by atoms with E-state index in [0.29, 0.717) is 11.2 Å². The molecule has 1 aromatic carbocycles. The molecule has 2 aliphatic rings. The standard InChI is InChI=1S/C25H30FNO9/c1-6-34-20(31)24(21(32)35-7-2)14(13-28)8-11-18(29)25(24)16-12-15(26)9-10-17(16)27(19(25)30)22(33)36-23(3,4)5/h9-10,12-14,18,29H,6-8,11H2,1-5H3/t14-,18+,25-/m1/s1. The van der Waals surface area contributed by atoms with Crippen LogP contribution < -0.4 is 4.90 Å². The van der Waals surface area contributed by atoms with E-state index in [2.05, 4.69) is 0 Å². The number of amides is 2. The number of halogens is 1. The lowest BCUT2D eigenvalue weighted by atomic mass is 9.48. The number of aldehydes is 1. The SMILES string of the molecule is CCOC(=O)C1(C(=O)OCC)[C@@H](C=O)CC[C@H](O)[C@]12C(=O)N(C(=O)OC(C)(C)C)c1ccc(F)cc12. The molecule has 11 heteroatoms. The molecule has 1 aromatic rings. The van der Waals surface area contributed by atoms with Crippen LogP contribution in [0, 0.1) is 17.2 Å². The van der Waals surface area contributed by atoms with Crippen LogP contribution in [0.3, 0.4) is 0 Å². The van der Waals surface area contributed by atoms with Crippen molar-refractivity contribution in [2.75, 3.05) is 18.1 Å². The van der Waals surface area contributed by atoms with E-state index in [4.69, 9.17) is 14.2 Å². The first-order chi connectivity index (χ1) is 16.8. The molecule has 0 bridgehead atoms. The number of carbonyl (C=O) groups excluding carboxylic acids is 5. The van der Waals surface area contributed by atoms with Crippen LogP contribution >= 0.6 is 0 Å². The Labute approximate surface area is 207 Å². The summed E-state index contributed by atoms with van der Waals surface area (Å²) < 4.78 is 30.4. The molecule has 10 nitrogen and oxygen atoms in total. The van der Waals surface area contributed by atoms with Gasteiger partial charge in [-0.2, -0.15) is 0 Å². The summed E-state index contributed by atoms with van der Waals surface area (Å²) in [5, 5.41) is 11.4. The number of carbonyl (C=O) groups is 5. The summed E-state index contributed by atoms with van der Waals surface area (Å²) in [6.07, 6.45) is -3.02. The highest BCUT2D eigenvalue weighted by Gasteiger charge is 2.79. The van der Waals surface area contributed by atoms with E-state index in [9.17, 15) is 33.5 Å². The van der Waals surface area contributed by atoms with Crippen LogP contribution in [-0.4, -0.2) is 60.3 Å². The van der Waals surface area contributed by atoms with Crippen molar-refractivity contribution in [1.82, 2.24) is 0 Å². The molecule has 3 atom stereocenters. The molecule has 0 aromatic heterocycles. The second-order valence-electron chi connectivity index (χ2n) is 9.68. The third kappa shape index (κ3) is 3.76. The van der Waals surface area contributed by atoms with Crippen LogP contribution in [0.5, 0.6) is 0 Å². The van der Waals surface area contributed by atoms with Crippen molar-refractivity contribution in [3.05, 3.63) is 29.6 Å². The number of benzene rings is 1. The Hall–Kier alpha value is -3.34. The molecule has 1 aliphatic carbocycles. The Morgan fingerprint density at radius 1 is 1.14 bits per heavy atom. The fourth-order valence-electron chi connectivity index (χ4n) is 5.31. The average molecular weight is 508 g/mol. The smallest absolute Gasteiger partial charge is 0.421 e. The number of hydrogen-bond donors (Lipinski definition) is 1. The van der Waals surface area contributed by atoms with Crippen LogP contribution in [0.1, 0.15) is 53.0 Å². The second kappa shape index (κ2) is 9.61. The van der Waals surface area contributed by atoms with Gasteiger partial charge in [0.15, 0.2) is 5.41 Å². The minimum atomic E-state index is -2.74. The quantitative estimate of drug-likeness (QED) is 0.276. The third-order valence-corrected chi connectivity index (χ3v) is 6.53. The van der Waals surface area contributed by atoms with Crippen LogP contribution in [-0.2, 0) is 38.8 Å². The van der Waals surface area contributed by atoms with Gasteiger partial charge in [-0.25, -0.2) is 14.1 Å². The Morgan fingerprint density at radius 3 is 2.22 bits per heavy atom. The zero-order valence-electron chi connectivity index (χ0n) is 20.8. The van der Waals surface area contributed by atoms with Crippen LogP contribution in [0.15, 0.2) is 18.2 Å². The Kier molecular flexibility index (Phi) is 7.27. The normalized spacial score (nSPS) is 24.8. The lowest BCUT2D eigenvalue weighted by molar-refractivity contribution is -0.198. The lowest BCUT2D eigenvalue weighted by Crippen LogP contribution is -2.71. The number of hydrogen-bond acceptors (Lipinski definition) is 9. The molecule has 196 valence electrons. The third-order valence-electron chi connectivity index (χ3n) is 6.53.